The molecule has 0 atom stereocenters. The van der Waals surface area contributed by atoms with Crippen LogP contribution in [0.4, 0.5) is 11.6 Å². The molecule has 0 saturated heterocycles. The summed E-state index contributed by atoms with van der Waals surface area (Å²) in [6, 6.07) is 16.0. The van der Waals surface area contributed by atoms with Crippen LogP contribution in [0.1, 0.15) is 31.2 Å². The summed E-state index contributed by atoms with van der Waals surface area (Å²) in [5, 5.41) is 6.27. The molecule has 0 unspecified atom stereocenters. The van der Waals surface area contributed by atoms with Crippen molar-refractivity contribution in [3.63, 3.8) is 0 Å². The van der Waals surface area contributed by atoms with Gasteiger partial charge in [-0.25, -0.2) is 9.97 Å². The quantitative estimate of drug-likeness (QED) is 0.425. The Morgan fingerprint density at radius 2 is 1.76 bits per heavy atom. The van der Waals surface area contributed by atoms with E-state index in [2.05, 4.69) is 32.7 Å². The SMILES string of the molecule is O=C1CCCc2ccc(cc2)Nc2ncc3ncn(c3n2)-c2ccc(cc2)OCCCCN1. The normalized spacial score (nSPS) is 15.2. The molecule has 0 aliphatic carbocycles. The highest BCUT2D eigenvalue weighted by atomic mass is 16.5. The molecule has 7 rings (SSSR count). The zero-order valence-corrected chi connectivity index (χ0v) is 18.3. The van der Waals surface area contributed by atoms with Crippen molar-refractivity contribution < 1.29 is 9.53 Å². The van der Waals surface area contributed by atoms with Gasteiger partial charge >= 0.3 is 0 Å². The maximum atomic E-state index is 12.1. The van der Waals surface area contributed by atoms with Gasteiger partial charge in [0, 0.05) is 24.3 Å². The second kappa shape index (κ2) is 9.68. The molecule has 6 bridgehead atoms. The third kappa shape index (κ3) is 5.11. The fourth-order valence-corrected chi connectivity index (χ4v) is 3.83. The number of aryl methyl sites for hydroxylation is 1. The summed E-state index contributed by atoms with van der Waals surface area (Å²) in [5.74, 6) is 1.42. The maximum absolute atomic E-state index is 12.1. The van der Waals surface area contributed by atoms with Crippen molar-refractivity contribution in [1.82, 2.24) is 24.8 Å². The molecule has 8 nitrogen and oxygen atoms in total. The first-order valence-corrected chi connectivity index (χ1v) is 11.3. The van der Waals surface area contributed by atoms with Crippen LogP contribution in [-0.2, 0) is 11.2 Å². The molecule has 1 amide bonds. The summed E-state index contributed by atoms with van der Waals surface area (Å²) in [6.45, 7) is 1.29. The number of hydrogen-bond acceptors (Lipinski definition) is 6. The van der Waals surface area contributed by atoms with E-state index in [1.165, 1.54) is 5.56 Å². The Bertz CT molecular complexity index is 1230. The van der Waals surface area contributed by atoms with Gasteiger partial charge in [0.25, 0.3) is 0 Å². The van der Waals surface area contributed by atoms with Crippen molar-refractivity contribution >= 4 is 28.7 Å². The van der Waals surface area contributed by atoms with Gasteiger partial charge < -0.3 is 15.4 Å². The Morgan fingerprint density at radius 3 is 2.61 bits per heavy atom. The van der Waals surface area contributed by atoms with Crippen molar-refractivity contribution in [2.75, 3.05) is 18.5 Å². The second-order valence-electron chi connectivity index (χ2n) is 8.09. The van der Waals surface area contributed by atoms with E-state index in [1.807, 2.05) is 41.0 Å². The Labute approximate surface area is 192 Å². The molecule has 2 N–H and O–H groups in total. The number of aromatic nitrogens is 4. The van der Waals surface area contributed by atoms with Crippen LogP contribution in [0.5, 0.6) is 5.75 Å². The number of amides is 1. The lowest BCUT2D eigenvalue weighted by Gasteiger charge is -2.09. The number of fused-ring (bicyclic) bond motifs is 2. The van der Waals surface area contributed by atoms with Crippen LogP contribution in [0.25, 0.3) is 16.9 Å². The highest BCUT2D eigenvalue weighted by Crippen LogP contribution is 2.22. The summed E-state index contributed by atoms with van der Waals surface area (Å²) in [7, 11) is 0. The van der Waals surface area contributed by atoms with Gasteiger partial charge in [0.2, 0.25) is 11.9 Å². The van der Waals surface area contributed by atoms with Crippen LogP contribution in [0.15, 0.2) is 61.1 Å². The largest absolute Gasteiger partial charge is 0.494 e. The number of rotatable bonds is 0. The van der Waals surface area contributed by atoms with Crippen molar-refractivity contribution in [2.24, 2.45) is 0 Å². The predicted octanol–water partition coefficient (Wildman–Crippen LogP) is 4.17. The molecule has 5 heterocycles. The molecule has 2 aromatic heterocycles. The van der Waals surface area contributed by atoms with E-state index in [9.17, 15) is 4.79 Å². The highest BCUT2D eigenvalue weighted by Gasteiger charge is 2.10. The maximum Gasteiger partial charge on any atom is 0.229 e. The number of anilines is 2. The van der Waals surface area contributed by atoms with Gasteiger partial charge in [-0.1, -0.05) is 12.1 Å². The zero-order chi connectivity index (χ0) is 22.5. The number of carbonyl (C=O) groups is 1. The lowest BCUT2D eigenvalue weighted by atomic mass is 10.1. The Kier molecular flexibility index (Phi) is 6.14. The van der Waals surface area contributed by atoms with E-state index < -0.39 is 0 Å². The van der Waals surface area contributed by atoms with Gasteiger partial charge in [-0.15, -0.1) is 0 Å². The summed E-state index contributed by atoms with van der Waals surface area (Å²) in [6.07, 6.45) is 7.46. The monoisotopic (exact) mass is 442 g/mol. The van der Waals surface area contributed by atoms with E-state index in [0.29, 0.717) is 25.5 Å². The molecule has 0 spiro atoms. The van der Waals surface area contributed by atoms with Gasteiger partial charge in [0.1, 0.15) is 17.6 Å². The van der Waals surface area contributed by atoms with Gasteiger partial charge in [-0.05, 0) is 67.6 Å². The summed E-state index contributed by atoms with van der Waals surface area (Å²) in [4.78, 5) is 25.6. The van der Waals surface area contributed by atoms with Crippen molar-refractivity contribution in [2.45, 2.75) is 32.1 Å². The average molecular weight is 443 g/mol. The predicted molar refractivity (Wildman–Crippen MR) is 127 cm³/mol. The van der Waals surface area contributed by atoms with Crippen LogP contribution in [0.3, 0.4) is 0 Å². The third-order valence-corrected chi connectivity index (χ3v) is 5.65. The van der Waals surface area contributed by atoms with Crippen LogP contribution in [0.2, 0.25) is 0 Å². The number of carbonyl (C=O) groups excluding carboxylic acids is 1. The minimum absolute atomic E-state index is 0.106. The summed E-state index contributed by atoms with van der Waals surface area (Å²) in [5.41, 5.74) is 4.50. The van der Waals surface area contributed by atoms with Crippen molar-refractivity contribution in [3.05, 3.63) is 66.6 Å². The number of ether oxygens (including phenoxy) is 1. The van der Waals surface area contributed by atoms with E-state index in [4.69, 9.17) is 9.72 Å². The number of hydrogen-bond donors (Lipinski definition) is 2. The van der Waals surface area contributed by atoms with E-state index in [1.54, 1.807) is 12.5 Å². The van der Waals surface area contributed by atoms with Crippen LogP contribution in [-0.4, -0.2) is 38.6 Å². The van der Waals surface area contributed by atoms with Gasteiger partial charge in [-0.3, -0.25) is 9.36 Å². The zero-order valence-electron chi connectivity index (χ0n) is 18.3. The number of imidazole rings is 1. The second-order valence-corrected chi connectivity index (χ2v) is 8.09. The van der Waals surface area contributed by atoms with Crippen LogP contribution >= 0.6 is 0 Å². The lowest BCUT2D eigenvalue weighted by Crippen LogP contribution is -2.24. The molecule has 33 heavy (non-hydrogen) atoms. The molecule has 0 fully saturated rings. The molecule has 0 saturated carbocycles. The van der Waals surface area contributed by atoms with E-state index >= 15 is 0 Å². The molecule has 2 aromatic carbocycles. The number of nitrogens with one attached hydrogen (secondary N) is 2. The average Bonchev–Trinajstić information content (AvgIpc) is 3.25. The first kappa shape index (κ1) is 20.9. The lowest BCUT2D eigenvalue weighted by molar-refractivity contribution is -0.121. The topological polar surface area (TPSA) is 94.0 Å². The molecule has 3 aliphatic rings. The van der Waals surface area contributed by atoms with Crippen molar-refractivity contribution in [3.8, 4) is 11.4 Å². The van der Waals surface area contributed by atoms with Gasteiger partial charge in [-0.2, -0.15) is 4.98 Å². The smallest absolute Gasteiger partial charge is 0.229 e. The summed E-state index contributed by atoms with van der Waals surface area (Å²) < 4.78 is 7.79. The van der Waals surface area contributed by atoms with Crippen molar-refractivity contribution in [1.29, 1.82) is 0 Å². The number of benzene rings is 2. The molecule has 3 aliphatic heterocycles. The molecule has 168 valence electrons. The van der Waals surface area contributed by atoms with E-state index in [0.717, 1.165) is 54.0 Å². The Hall–Kier alpha value is -3.94. The van der Waals surface area contributed by atoms with E-state index in [-0.39, 0.29) is 5.91 Å². The highest BCUT2D eigenvalue weighted by molar-refractivity contribution is 5.76. The fraction of sp³-hybridized carbons (Fsp3) is 0.280. The van der Waals surface area contributed by atoms with Crippen LogP contribution < -0.4 is 15.4 Å². The summed E-state index contributed by atoms with van der Waals surface area (Å²) >= 11 is 0. The first-order chi connectivity index (χ1) is 16.2. The molecule has 0 radical (unpaired) electrons. The first-order valence-electron chi connectivity index (χ1n) is 11.3. The number of nitrogens with zero attached hydrogens (tertiary/aromatic N) is 4. The molecular weight excluding hydrogens is 416 g/mol. The minimum Gasteiger partial charge on any atom is -0.494 e. The Balaban J connectivity index is 1.41. The molecular formula is C25H26N6O2. The van der Waals surface area contributed by atoms with Crippen LogP contribution in [0, 0.1) is 0 Å². The molecule has 8 heteroatoms. The standard InChI is InChI=1S/C25H26N6O2/c32-23-5-3-4-18-6-8-19(9-7-18)29-25-27-16-22-24(30-25)31(17-28-22)20-10-12-21(13-11-20)33-15-2-1-14-26-23/h6-13,16-17H,1-5,14-15H2,(H,26,32)(H,27,29,30). The third-order valence-electron chi connectivity index (χ3n) is 5.65. The molecule has 4 aromatic rings. The minimum atomic E-state index is 0.106. The van der Waals surface area contributed by atoms with Gasteiger partial charge in [0.15, 0.2) is 5.65 Å². The fourth-order valence-electron chi connectivity index (χ4n) is 3.83. The Morgan fingerprint density at radius 1 is 0.909 bits per heavy atom. The van der Waals surface area contributed by atoms with Gasteiger partial charge in [0.05, 0.1) is 12.8 Å².